The number of halogens is 3. The van der Waals surface area contributed by atoms with E-state index in [1.54, 1.807) is 49.4 Å². The van der Waals surface area contributed by atoms with E-state index in [4.69, 9.17) is 0 Å². The third-order valence-electron chi connectivity index (χ3n) is 4.53. The van der Waals surface area contributed by atoms with E-state index in [9.17, 15) is 8.78 Å². The van der Waals surface area contributed by atoms with Gasteiger partial charge in [-0.25, -0.2) is 13.8 Å². The molecule has 2 aromatic carbocycles. The molecular weight excluding hydrogens is 487 g/mol. The Labute approximate surface area is 186 Å². The fraction of sp³-hybridized carbons (Fsp3) is 0.238. The molecule has 1 atom stereocenters. The number of guanidine groups is 1. The van der Waals surface area contributed by atoms with Crippen molar-refractivity contribution in [2.75, 3.05) is 7.05 Å². The van der Waals surface area contributed by atoms with E-state index < -0.39 is 0 Å². The van der Waals surface area contributed by atoms with Gasteiger partial charge in [-0.15, -0.1) is 24.0 Å². The molecule has 154 valence electrons. The Morgan fingerprint density at radius 1 is 1.17 bits per heavy atom. The lowest BCUT2D eigenvalue weighted by Crippen LogP contribution is -2.38. The summed E-state index contributed by atoms with van der Waals surface area (Å²) in [7, 11) is 1.65. The number of aliphatic imine (C=N–C) groups is 1. The SMILES string of the molecule is CN=C(NCc1ccc(-n2ccnc2)c(F)c1)NC(C)c1ccc(C)c(F)c1.I. The predicted octanol–water partition coefficient (Wildman–Crippen LogP) is 4.50. The molecule has 0 bridgehead atoms. The summed E-state index contributed by atoms with van der Waals surface area (Å²) in [6.45, 7) is 4.06. The molecule has 5 nitrogen and oxygen atoms in total. The van der Waals surface area contributed by atoms with E-state index in [2.05, 4.69) is 20.6 Å². The fourth-order valence-corrected chi connectivity index (χ4v) is 2.82. The van der Waals surface area contributed by atoms with E-state index >= 15 is 0 Å². The van der Waals surface area contributed by atoms with Gasteiger partial charge in [-0.3, -0.25) is 4.99 Å². The predicted molar refractivity (Wildman–Crippen MR) is 122 cm³/mol. The second kappa shape index (κ2) is 10.3. The molecule has 0 fully saturated rings. The summed E-state index contributed by atoms with van der Waals surface area (Å²) in [6.07, 6.45) is 4.85. The number of nitrogens with zero attached hydrogens (tertiary/aromatic N) is 3. The number of nitrogens with one attached hydrogen (secondary N) is 2. The molecule has 0 spiro atoms. The molecule has 3 aromatic rings. The van der Waals surface area contributed by atoms with Crippen LogP contribution in [0.4, 0.5) is 8.78 Å². The summed E-state index contributed by atoms with van der Waals surface area (Å²) in [5, 5.41) is 6.37. The van der Waals surface area contributed by atoms with Crippen molar-refractivity contribution in [3.8, 4) is 5.69 Å². The van der Waals surface area contributed by atoms with Crippen LogP contribution in [0, 0.1) is 18.6 Å². The maximum Gasteiger partial charge on any atom is 0.191 e. The highest BCUT2D eigenvalue weighted by Gasteiger charge is 2.10. The summed E-state index contributed by atoms with van der Waals surface area (Å²) < 4.78 is 29.8. The first-order chi connectivity index (χ1) is 13.5. The van der Waals surface area contributed by atoms with Crippen molar-refractivity contribution in [1.82, 2.24) is 20.2 Å². The molecule has 0 radical (unpaired) electrons. The Bertz CT molecular complexity index is 973. The highest BCUT2D eigenvalue weighted by molar-refractivity contribution is 14.0. The molecule has 3 rings (SSSR count). The largest absolute Gasteiger partial charge is 0.352 e. The van der Waals surface area contributed by atoms with Gasteiger partial charge in [-0.05, 0) is 48.7 Å². The lowest BCUT2D eigenvalue weighted by molar-refractivity contribution is 0.607. The number of hydrogen-bond acceptors (Lipinski definition) is 2. The first kappa shape index (κ1) is 22.8. The van der Waals surface area contributed by atoms with Gasteiger partial charge in [-0.1, -0.05) is 18.2 Å². The second-order valence-corrected chi connectivity index (χ2v) is 6.56. The Hall–Kier alpha value is -2.49. The van der Waals surface area contributed by atoms with Gasteiger partial charge >= 0.3 is 0 Å². The standard InChI is InChI=1S/C21H23F2N5.HI/c1-14-4-6-17(11-18(14)22)15(2)27-21(24-3)26-12-16-5-7-20(19(23)10-16)28-9-8-25-13-28;/h4-11,13,15H,12H2,1-3H3,(H2,24,26,27);1H. The lowest BCUT2D eigenvalue weighted by Gasteiger charge is -2.19. The molecule has 0 aliphatic carbocycles. The van der Waals surface area contributed by atoms with Crippen molar-refractivity contribution in [3.05, 3.63) is 83.4 Å². The van der Waals surface area contributed by atoms with Crippen LogP contribution in [0.15, 0.2) is 60.1 Å². The highest BCUT2D eigenvalue weighted by Crippen LogP contribution is 2.17. The molecule has 8 heteroatoms. The topological polar surface area (TPSA) is 54.2 Å². The van der Waals surface area contributed by atoms with Gasteiger partial charge in [-0.2, -0.15) is 0 Å². The molecule has 1 heterocycles. The minimum Gasteiger partial charge on any atom is -0.352 e. The Morgan fingerprint density at radius 2 is 1.97 bits per heavy atom. The van der Waals surface area contributed by atoms with E-state index in [-0.39, 0.29) is 41.7 Å². The number of hydrogen-bond donors (Lipinski definition) is 2. The van der Waals surface area contributed by atoms with Crippen molar-refractivity contribution >= 4 is 29.9 Å². The Morgan fingerprint density at radius 3 is 2.59 bits per heavy atom. The molecule has 0 saturated heterocycles. The number of benzene rings is 2. The molecule has 0 saturated carbocycles. The van der Waals surface area contributed by atoms with E-state index in [0.717, 1.165) is 11.1 Å². The zero-order valence-corrected chi connectivity index (χ0v) is 18.8. The fourth-order valence-electron chi connectivity index (χ4n) is 2.82. The molecule has 0 aliphatic heterocycles. The van der Waals surface area contributed by atoms with Crippen molar-refractivity contribution in [2.24, 2.45) is 4.99 Å². The van der Waals surface area contributed by atoms with E-state index in [0.29, 0.717) is 23.8 Å². The van der Waals surface area contributed by atoms with E-state index in [1.807, 2.05) is 19.1 Å². The molecule has 2 N–H and O–H groups in total. The monoisotopic (exact) mass is 511 g/mol. The maximum absolute atomic E-state index is 14.4. The minimum absolute atomic E-state index is 0. The third kappa shape index (κ3) is 5.75. The van der Waals surface area contributed by atoms with Crippen LogP contribution in [0.2, 0.25) is 0 Å². The number of rotatable bonds is 5. The van der Waals surface area contributed by atoms with Crippen LogP contribution in [0.3, 0.4) is 0 Å². The van der Waals surface area contributed by atoms with Crippen molar-refractivity contribution < 1.29 is 8.78 Å². The first-order valence-electron chi connectivity index (χ1n) is 8.98. The Kier molecular flexibility index (Phi) is 8.12. The second-order valence-electron chi connectivity index (χ2n) is 6.56. The molecule has 1 aromatic heterocycles. The zero-order chi connectivity index (χ0) is 20.1. The van der Waals surface area contributed by atoms with E-state index in [1.165, 1.54) is 12.1 Å². The summed E-state index contributed by atoms with van der Waals surface area (Å²) in [6, 6.07) is 10.1. The molecular formula is C21H24F2IN5. The lowest BCUT2D eigenvalue weighted by atomic mass is 10.1. The van der Waals surface area contributed by atoms with Gasteiger partial charge in [0.15, 0.2) is 5.96 Å². The van der Waals surface area contributed by atoms with Gasteiger partial charge in [0.25, 0.3) is 0 Å². The average molecular weight is 511 g/mol. The van der Waals surface area contributed by atoms with Gasteiger partial charge in [0, 0.05) is 26.0 Å². The molecule has 0 amide bonds. The molecule has 29 heavy (non-hydrogen) atoms. The van der Waals surface area contributed by atoms with Crippen molar-refractivity contribution in [1.29, 1.82) is 0 Å². The van der Waals surface area contributed by atoms with Crippen LogP contribution in [-0.2, 0) is 6.54 Å². The normalized spacial score (nSPS) is 12.2. The van der Waals surface area contributed by atoms with Gasteiger partial charge in [0.1, 0.15) is 11.6 Å². The average Bonchev–Trinajstić information content (AvgIpc) is 3.21. The van der Waals surface area contributed by atoms with Crippen LogP contribution < -0.4 is 10.6 Å². The summed E-state index contributed by atoms with van der Waals surface area (Å²) in [5.74, 6) is -0.0149. The van der Waals surface area contributed by atoms with Crippen LogP contribution in [-0.4, -0.2) is 22.6 Å². The zero-order valence-electron chi connectivity index (χ0n) is 16.5. The minimum atomic E-state index is -0.330. The van der Waals surface area contributed by atoms with Crippen LogP contribution in [0.5, 0.6) is 0 Å². The van der Waals surface area contributed by atoms with Crippen molar-refractivity contribution in [2.45, 2.75) is 26.4 Å². The highest BCUT2D eigenvalue weighted by atomic mass is 127. The Balaban J connectivity index is 0.00000300. The quantitative estimate of drug-likeness (QED) is 0.302. The van der Waals surface area contributed by atoms with Gasteiger partial charge in [0.2, 0.25) is 0 Å². The maximum atomic E-state index is 14.4. The third-order valence-corrected chi connectivity index (χ3v) is 4.53. The molecule has 1 unspecified atom stereocenters. The number of imidazole rings is 1. The number of aromatic nitrogens is 2. The number of aryl methyl sites for hydroxylation is 1. The summed E-state index contributed by atoms with van der Waals surface area (Å²) in [4.78, 5) is 8.12. The van der Waals surface area contributed by atoms with Crippen LogP contribution in [0.1, 0.15) is 29.7 Å². The summed E-state index contributed by atoms with van der Waals surface area (Å²) >= 11 is 0. The van der Waals surface area contributed by atoms with Gasteiger partial charge in [0.05, 0.1) is 18.1 Å². The summed E-state index contributed by atoms with van der Waals surface area (Å²) in [5.41, 5.74) is 2.65. The van der Waals surface area contributed by atoms with Crippen LogP contribution >= 0.6 is 24.0 Å². The smallest absolute Gasteiger partial charge is 0.191 e. The van der Waals surface area contributed by atoms with Crippen LogP contribution in [0.25, 0.3) is 5.69 Å². The van der Waals surface area contributed by atoms with Crippen molar-refractivity contribution in [3.63, 3.8) is 0 Å². The first-order valence-corrected chi connectivity index (χ1v) is 8.98. The molecule has 0 aliphatic rings. The van der Waals surface area contributed by atoms with Gasteiger partial charge < -0.3 is 15.2 Å².